The molecule has 4 aromatic rings. The summed E-state index contributed by atoms with van der Waals surface area (Å²) < 4.78 is 12.2. The van der Waals surface area contributed by atoms with Crippen LogP contribution in [-0.4, -0.2) is 59.1 Å². The fraction of sp³-hybridized carbons (Fsp3) is 0.280. The van der Waals surface area contributed by atoms with Crippen LogP contribution in [0.2, 0.25) is 0 Å². The second-order valence-corrected chi connectivity index (χ2v) is 8.17. The first-order chi connectivity index (χ1) is 16.5. The van der Waals surface area contributed by atoms with Crippen LogP contribution in [0.1, 0.15) is 16.1 Å². The standard InChI is InChI=1S/C25H26N6O3/c1-16-20-9-6-18(14-22(20)30(2)29-16)21-15-23(28-25(27-21)31-10-12-34-13-11-31)26-19-7-4-17(5-8-19)24(32)33-3/h4-9,14-15H,10-13H2,1-3H3,(H,26,27,28). The number of ether oxygens (including phenoxy) is 2. The minimum Gasteiger partial charge on any atom is -0.465 e. The number of esters is 1. The molecule has 0 saturated carbocycles. The van der Waals surface area contributed by atoms with Crippen molar-refractivity contribution in [3.8, 4) is 11.3 Å². The van der Waals surface area contributed by atoms with Gasteiger partial charge in [0.05, 0.1) is 42.8 Å². The van der Waals surface area contributed by atoms with Crippen molar-refractivity contribution in [3.05, 3.63) is 59.8 Å². The van der Waals surface area contributed by atoms with Gasteiger partial charge in [0.1, 0.15) is 5.82 Å². The van der Waals surface area contributed by atoms with Gasteiger partial charge in [-0.05, 0) is 37.3 Å². The summed E-state index contributed by atoms with van der Waals surface area (Å²) in [5.74, 6) is 0.945. The van der Waals surface area contributed by atoms with Crippen LogP contribution < -0.4 is 10.2 Å². The van der Waals surface area contributed by atoms with E-state index in [0.29, 0.717) is 30.5 Å². The van der Waals surface area contributed by atoms with Crippen molar-refractivity contribution >= 4 is 34.3 Å². The van der Waals surface area contributed by atoms with Gasteiger partial charge in [-0.15, -0.1) is 0 Å². The number of methoxy groups -OCH3 is 1. The molecule has 9 heteroatoms. The number of fused-ring (bicyclic) bond motifs is 1. The Morgan fingerprint density at radius 1 is 1.06 bits per heavy atom. The maximum absolute atomic E-state index is 11.7. The summed E-state index contributed by atoms with van der Waals surface area (Å²) in [6, 6.07) is 15.3. The molecule has 1 fully saturated rings. The summed E-state index contributed by atoms with van der Waals surface area (Å²) in [5, 5.41) is 9.01. The van der Waals surface area contributed by atoms with Gasteiger partial charge in [0.25, 0.3) is 0 Å². The zero-order valence-corrected chi connectivity index (χ0v) is 19.4. The van der Waals surface area contributed by atoms with Crippen LogP contribution in [0.15, 0.2) is 48.5 Å². The summed E-state index contributed by atoms with van der Waals surface area (Å²) >= 11 is 0. The minimum atomic E-state index is -0.369. The predicted octanol–water partition coefficient (Wildman–Crippen LogP) is 3.71. The Morgan fingerprint density at radius 3 is 2.56 bits per heavy atom. The van der Waals surface area contributed by atoms with Gasteiger partial charge in [-0.3, -0.25) is 4.68 Å². The molecule has 0 aliphatic carbocycles. The molecule has 9 nitrogen and oxygen atoms in total. The van der Waals surface area contributed by atoms with Crippen LogP contribution >= 0.6 is 0 Å². The number of hydrogen-bond acceptors (Lipinski definition) is 8. The van der Waals surface area contributed by atoms with Gasteiger partial charge >= 0.3 is 5.97 Å². The van der Waals surface area contributed by atoms with Gasteiger partial charge in [0, 0.05) is 42.8 Å². The lowest BCUT2D eigenvalue weighted by molar-refractivity contribution is 0.0600. The van der Waals surface area contributed by atoms with E-state index < -0.39 is 0 Å². The molecular weight excluding hydrogens is 432 g/mol. The Labute approximate surface area is 197 Å². The molecule has 0 amide bonds. The van der Waals surface area contributed by atoms with E-state index in [9.17, 15) is 4.79 Å². The lowest BCUT2D eigenvalue weighted by Gasteiger charge is -2.27. The highest BCUT2D eigenvalue weighted by molar-refractivity contribution is 5.90. The lowest BCUT2D eigenvalue weighted by Crippen LogP contribution is -2.37. The van der Waals surface area contributed by atoms with E-state index in [1.54, 1.807) is 12.1 Å². The number of rotatable bonds is 5. The lowest BCUT2D eigenvalue weighted by atomic mass is 10.1. The Balaban J connectivity index is 1.53. The van der Waals surface area contributed by atoms with Crippen molar-refractivity contribution in [2.24, 2.45) is 7.05 Å². The summed E-state index contributed by atoms with van der Waals surface area (Å²) in [5.41, 5.74) is 5.14. The Kier molecular flexibility index (Phi) is 5.85. The van der Waals surface area contributed by atoms with Crippen LogP contribution in [0.5, 0.6) is 0 Å². The second kappa shape index (κ2) is 9.11. The SMILES string of the molecule is COC(=O)c1ccc(Nc2cc(-c3ccc4c(C)nn(C)c4c3)nc(N3CCOCC3)n2)cc1. The van der Waals surface area contributed by atoms with E-state index in [0.717, 1.165) is 46.6 Å². The Morgan fingerprint density at radius 2 is 1.82 bits per heavy atom. The molecule has 5 rings (SSSR count). The fourth-order valence-electron chi connectivity index (χ4n) is 4.10. The third-order valence-electron chi connectivity index (χ3n) is 5.92. The average Bonchev–Trinajstić information content (AvgIpc) is 3.17. The summed E-state index contributed by atoms with van der Waals surface area (Å²) in [6.07, 6.45) is 0. The number of anilines is 3. The normalized spacial score (nSPS) is 13.8. The molecule has 1 aliphatic rings. The van der Waals surface area contributed by atoms with Crippen molar-refractivity contribution in [2.45, 2.75) is 6.92 Å². The zero-order chi connectivity index (χ0) is 23.7. The van der Waals surface area contributed by atoms with Crippen LogP contribution in [0.4, 0.5) is 17.5 Å². The molecule has 0 radical (unpaired) electrons. The molecule has 174 valence electrons. The second-order valence-electron chi connectivity index (χ2n) is 8.17. The van der Waals surface area contributed by atoms with Gasteiger partial charge in [0.2, 0.25) is 5.95 Å². The first-order valence-corrected chi connectivity index (χ1v) is 11.1. The molecule has 34 heavy (non-hydrogen) atoms. The summed E-state index contributed by atoms with van der Waals surface area (Å²) in [7, 11) is 3.32. The monoisotopic (exact) mass is 458 g/mol. The molecule has 1 aliphatic heterocycles. The Hall–Kier alpha value is -3.98. The van der Waals surface area contributed by atoms with Gasteiger partial charge in [-0.2, -0.15) is 10.1 Å². The maximum Gasteiger partial charge on any atom is 0.337 e. The van der Waals surface area contributed by atoms with Crippen molar-refractivity contribution in [1.29, 1.82) is 0 Å². The van der Waals surface area contributed by atoms with Gasteiger partial charge in [0.15, 0.2) is 0 Å². The van der Waals surface area contributed by atoms with Crippen LogP contribution in [-0.2, 0) is 16.5 Å². The minimum absolute atomic E-state index is 0.369. The third kappa shape index (κ3) is 4.29. The summed E-state index contributed by atoms with van der Waals surface area (Å²) in [4.78, 5) is 23.5. The van der Waals surface area contributed by atoms with Crippen LogP contribution in [0.3, 0.4) is 0 Å². The molecule has 3 heterocycles. The molecule has 1 saturated heterocycles. The van der Waals surface area contributed by atoms with E-state index in [4.69, 9.17) is 19.4 Å². The highest BCUT2D eigenvalue weighted by Gasteiger charge is 2.17. The predicted molar refractivity (Wildman–Crippen MR) is 131 cm³/mol. The molecule has 0 unspecified atom stereocenters. The number of nitrogens with one attached hydrogen (secondary N) is 1. The quantitative estimate of drug-likeness (QED) is 0.453. The number of morpholine rings is 1. The molecular formula is C25H26N6O3. The van der Waals surface area contributed by atoms with E-state index in [2.05, 4.69) is 33.5 Å². The topological polar surface area (TPSA) is 94.4 Å². The van der Waals surface area contributed by atoms with E-state index in [1.165, 1.54) is 7.11 Å². The highest BCUT2D eigenvalue weighted by atomic mass is 16.5. The largest absolute Gasteiger partial charge is 0.465 e. The summed E-state index contributed by atoms with van der Waals surface area (Å²) in [6.45, 7) is 4.77. The molecule has 0 bridgehead atoms. The maximum atomic E-state index is 11.7. The fourth-order valence-corrected chi connectivity index (χ4v) is 4.10. The first kappa shape index (κ1) is 21.8. The van der Waals surface area contributed by atoms with Crippen molar-refractivity contribution in [2.75, 3.05) is 43.6 Å². The Bertz CT molecular complexity index is 1340. The molecule has 0 atom stereocenters. The molecule has 2 aromatic carbocycles. The number of carbonyl (C=O) groups excluding carboxylic acids is 1. The van der Waals surface area contributed by atoms with Crippen molar-refractivity contribution in [3.63, 3.8) is 0 Å². The van der Waals surface area contributed by atoms with Crippen molar-refractivity contribution in [1.82, 2.24) is 19.7 Å². The number of nitrogens with zero attached hydrogens (tertiary/aromatic N) is 5. The van der Waals surface area contributed by atoms with Crippen LogP contribution in [0, 0.1) is 6.92 Å². The molecule has 1 N–H and O–H groups in total. The van der Waals surface area contributed by atoms with E-state index >= 15 is 0 Å². The number of aromatic nitrogens is 4. The molecule has 2 aromatic heterocycles. The van der Waals surface area contributed by atoms with E-state index in [1.807, 2.05) is 36.9 Å². The average molecular weight is 459 g/mol. The van der Waals surface area contributed by atoms with Gasteiger partial charge < -0.3 is 19.7 Å². The smallest absolute Gasteiger partial charge is 0.337 e. The van der Waals surface area contributed by atoms with Crippen LogP contribution in [0.25, 0.3) is 22.2 Å². The zero-order valence-electron chi connectivity index (χ0n) is 19.4. The highest BCUT2D eigenvalue weighted by Crippen LogP contribution is 2.29. The number of carbonyl (C=O) groups is 1. The molecule has 0 spiro atoms. The third-order valence-corrected chi connectivity index (χ3v) is 5.92. The van der Waals surface area contributed by atoms with Gasteiger partial charge in [-0.25, -0.2) is 9.78 Å². The number of hydrogen-bond donors (Lipinski definition) is 1. The number of aryl methyl sites for hydroxylation is 2. The first-order valence-electron chi connectivity index (χ1n) is 11.1. The number of benzene rings is 2. The van der Waals surface area contributed by atoms with Crippen molar-refractivity contribution < 1.29 is 14.3 Å². The van der Waals surface area contributed by atoms with E-state index in [-0.39, 0.29) is 5.97 Å². The van der Waals surface area contributed by atoms with Gasteiger partial charge in [-0.1, -0.05) is 12.1 Å².